The number of sulfonamides is 1. The van der Waals surface area contributed by atoms with E-state index in [-0.39, 0.29) is 10.8 Å². The second kappa shape index (κ2) is 9.07. The first-order valence-corrected chi connectivity index (χ1v) is 11.4. The average Bonchev–Trinajstić information content (AvgIpc) is 2.98. The van der Waals surface area contributed by atoms with E-state index in [9.17, 15) is 13.2 Å². The summed E-state index contributed by atoms with van der Waals surface area (Å²) in [5.74, 6) is 0.209. The number of hydrogen-bond donors (Lipinski definition) is 1. The summed E-state index contributed by atoms with van der Waals surface area (Å²) in [6.07, 6.45) is 3.86. The number of anilines is 1. The van der Waals surface area contributed by atoms with Gasteiger partial charge in [-0.2, -0.15) is 4.31 Å². The van der Waals surface area contributed by atoms with Crippen LogP contribution in [0.2, 0.25) is 0 Å². The predicted molar refractivity (Wildman–Crippen MR) is 112 cm³/mol. The van der Waals surface area contributed by atoms with Gasteiger partial charge in [-0.25, -0.2) is 8.42 Å². The number of rotatable bonds is 5. The van der Waals surface area contributed by atoms with Gasteiger partial charge in [0, 0.05) is 23.2 Å². The molecule has 1 amide bonds. The Hall–Kier alpha value is -1.90. The van der Waals surface area contributed by atoms with Gasteiger partial charge in [-0.05, 0) is 65.2 Å². The Kier molecular flexibility index (Phi) is 6.74. The van der Waals surface area contributed by atoms with Crippen LogP contribution in [0, 0.1) is 0 Å². The number of nitrogens with zero attached hydrogens (tertiary/aromatic N) is 1. The average molecular weight is 467 g/mol. The molecule has 0 unspecified atom stereocenters. The van der Waals surface area contributed by atoms with Crippen molar-refractivity contribution in [3.05, 3.63) is 52.5 Å². The molecule has 0 bridgehead atoms. The van der Waals surface area contributed by atoms with Crippen LogP contribution in [0.1, 0.15) is 36.0 Å². The predicted octanol–water partition coefficient (Wildman–Crippen LogP) is 4.27. The third-order valence-electron chi connectivity index (χ3n) is 4.71. The van der Waals surface area contributed by atoms with E-state index in [1.54, 1.807) is 40.7 Å². The first-order valence-electron chi connectivity index (χ1n) is 9.17. The fourth-order valence-corrected chi connectivity index (χ4v) is 5.16. The molecule has 1 fully saturated rings. The summed E-state index contributed by atoms with van der Waals surface area (Å²) in [6.45, 7) is 1.07. The van der Waals surface area contributed by atoms with E-state index < -0.39 is 10.0 Å². The largest absolute Gasteiger partial charge is 0.497 e. The van der Waals surface area contributed by atoms with Crippen molar-refractivity contribution in [3.8, 4) is 5.75 Å². The summed E-state index contributed by atoms with van der Waals surface area (Å²) in [5.41, 5.74) is 0.829. The molecule has 8 heteroatoms. The van der Waals surface area contributed by atoms with Crippen LogP contribution in [-0.4, -0.2) is 38.8 Å². The Balaban J connectivity index is 1.82. The van der Waals surface area contributed by atoms with Crippen LogP contribution in [0.25, 0.3) is 0 Å². The maximum atomic E-state index is 13.0. The summed E-state index contributed by atoms with van der Waals surface area (Å²) < 4.78 is 33.3. The number of nitrogens with one attached hydrogen (secondary N) is 1. The number of carbonyl (C=O) groups excluding carboxylic acids is 1. The third kappa shape index (κ3) is 4.74. The van der Waals surface area contributed by atoms with Crippen LogP contribution in [0.4, 0.5) is 5.69 Å². The molecule has 1 saturated heterocycles. The number of halogens is 1. The summed E-state index contributed by atoms with van der Waals surface area (Å²) in [6, 6.07) is 11.5. The highest BCUT2D eigenvalue weighted by Gasteiger charge is 2.25. The molecule has 0 atom stereocenters. The summed E-state index contributed by atoms with van der Waals surface area (Å²) >= 11 is 3.36. The molecule has 0 radical (unpaired) electrons. The Bertz CT molecular complexity index is 954. The second-order valence-corrected chi connectivity index (χ2v) is 9.44. The number of methoxy groups -OCH3 is 1. The lowest BCUT2D eigenvalue weighted by Crippen LogP contribution is -2.32. The maximum Gasteiger partial charge on any atom is 0.256 e. The normalized spacial score (nSPS) is 15.6. The summed E-state index contributed by atoms with van der Waals surface area (Å²) in [5, 5.41) is 2.77. The molecule has 0 aromatic heterocycles. The fraction of sp³-hybridized carbons (Fsp3) is 0.350. The van der Waals surface area contributed by atoms with Crippen molar-refractivity contribution in [2.45, 2.75) is 30.6 Å². The maximum absolute atomic E-state index is 13.0. The van der Waals surface area contributed by atoms with Gasteiger partial charge in [0.05, 0.1) is 17.6 Å². The van der Waals surface area contributed by atoms with Crippen LogP contribution in [0.15, 0.2) is 51.8 Å². The Morgan fingerprint density at radius 3 is 2.46 bits per heavy atom. The highest BCUT2D eigenvalue weighted by Crippen LogP contribution is 2.25. The summed E-state index contributed by atoms with van der Waals surface area (Å²) in [7, 11) is -2.04. The quantitative estimate of drug-likeness (QED) is 0.713. The van der Waals surface area contributed by atoms with Gasteiger partial charge in [0.25, 0.3) is 5.91 Å². The Labute approximate surface area is 174 Å². The molecule has 1 aliphatic rings. The number of benzene rings is 2. The van der Waals surface area contributed by atoms with Crippen molar-refractivity contribution >= 4 is 37.5 Å². The zero-order valence-corrected chi connectivity index (χ0v) is 18.1. The van der Waals surface area contributed by atoms with Crippen molar-refractivity contribution in [2.75, 3.05) is 25.5 Å². The SMILES string of the molecule is COc1ccc(Br)c(C(=O)Nc2cccc(S(=O)(=O)N3CCCCCC3)c2)c1. The molecular weight excluding hydrogens is 444 g/mol. The molecule has 2 aromatic rings. The van der Waals surface area contributed by atoms with Crippen molar-refractivity contribution in [1.29, 1.82) is 0 Å². The molecule has 1 N–H and O–H groups in total. The number of amides is 1. The second-order valence-electron chi connectivity index (χ2n) is 6.65. The Morgan fingerprint density at radius 2 is 1.79 bits per heavy atom. The van der Waals surface area contributed by atoms with Crippen LogP contribution >= 0.6 is 15.9 Å². The first kappa shape index (κ1) is 20.8. The molecule has 150 valence electrons. The monoisotopic (exact) mass is 466 g/mol. The van der Waals surface area contributed by atoms with Crippen molar-refractivity contribution in [1.82, 2.24) is 4.31 Å². The molecular formula is C20H23BrN2O4S. The van der Waals surface area contributed by atoms with E-state index >= 15 is 0 Å². The minimum Gasteiger partial charge on any atom is -0.497 e. The van der Waals surface area contributed by atoms with Gasteiger partial charge in [0.2, 0.25) is 10.0 Å². The molecule has 0 aliphatic carbocycles. The van der Waals surface area contributed by atoms with Gasteiger partial charge >= 0.3 is 0 Å². The lowest BCUT2D eigenvalue weighted by molar-refractivity contribution is 0.102. The standard InChI is InChI=1S/C20H23BrN2O4S/c1-27-16-9-10-19(21)18(14-16)20(24)22-15-7-6-8-17(13-15)28(25,26)23-11-4-2-3-5-12-23/h6-10,13-14H,2-5,11-12H2,1H3,(H,22,24). The highest BCUT2D eigenvalue weighted by molar-refractivity contribution is 9.10. The fourth-order valence-electron chi connectivity index (χ4n) is 3.17. The van der Waals surface area contributed by atoms with E-state index in [0.29, 0.717) is 34.6 Å². The van der Waals surface area contributed by atoms with E-state index in [2.05, 4.69) is 21.2 Å². The zero-order chi connectivity index (χ0) is 20.1. The lowest BCUT2D eigenvalue weighted by atomic mass is 10.2. The zero-order valence-electron chi connectivity index (χ0n) is 15.7. The molecule has 0 saturated carbocycles. The molecule has 2 aromatic carbocycles. The van der Waals surface area contributed by atoms with Gasteiger partial charge in [0.15, 0.2) is 0 Å². The van der Waals surface area contributed by atoms with Crippen LogP contribution in [0.5, 0.6) is 5.75 Å². The van der Waals surface area contributed by atoms with Gasteiger partial charge in [-0.15, -0.1) is 0 Å². The van der Waals surface area contributed by atoms with Crippen molar-refractivity contribution in [3.63, 3.8) is 0 Å². The highest BCUT2D eigenvalue weighted by atomic mass is 79.9. The third-order valence-corrected chi connectivity index (χ3v) is 7.30. The van der Waals surface area contributed by atoms with Gasteiger partial charge in [-0.1, -0.05) is 18.9 Å². The molecule has 1 heterocycles. The van der Waals surface area contributed by atoms with E-state index in [1.807, 2.05) is 0 Å². The van der Waals surface area contributed by atoms with Crippen LogP contribution in [-0.2, 0) is 10.0 Å². The van der Waals surface area contributed by atoms with Crippen LogP contribution in [0.3, 0.4) is 0 Å². The lowest BCUT2D eigenvalue weighted by Gasteiger charge is -2.20. The number of hydrogen-bond acceptors (Lipinski definition) is 4. The molecule has 1 aliphatic heterocycles. The number of ether oxygens (including phenoxy) is 1. The summed E-state index contributed by atoms with van der Waals surface area (Å²) in [4.78, 5) is 12.8. The van der Waals surface area contributed by atoms with Gasteiger partial charge < -0.3 is 10.1 Å². The van der Waals surface area contributed by atoms with E-state index in [4.69, 9.17) is 4.74 Å². The Morgan fingerprint density at radius 1 is 1.07 bits per heavy atom. The van der Waals surface area contributed by atoms with E-state index in [1.165, 1.54) is 13.2 Å². The van der Waals surface area contributed by atoms with Gasteiger partial charge in [0.1, 0.15) is 5.75 Å². The molecule has 28 heavy (non-hydrogen) atoms. The molecule has 6 nitrogen and oxygen atoms in total. The minimum atomic E-state index is -3.57. The topological polar surface area (TPSA) is 75.7 Å². The van der Waals surface area contributed by atoms with Crippen molar-refractivity contribution in [2.24, 2.45) is 0 Å². The van der Waals surface area contributed by atoms with Gasteiger partial charge in [-0.3, -0.25) is 4.79 Å². The molecule has 0 spiro atoms. The number of carbonyl (C=O) groups is 1. The first-order chi connectivity index (χ1) is 13.4. The van der Waals surface area contributed by atoms with E-state index in [0.717, 1.165) is 25.7 Å². The smallest absolute Gasteiger partial charge is 0.256 e. The van der Waals surface area contributed by atoms with Crippen molar-refractivity contribution < 1.29 is 17.9 Å². The molecule has 3 rings (SSSR count). The minimum absolute atomic E-state index is 0.192. The van der Waals surface area contributed by atoms with Crippen LogP contribution < -0.4 is 10.1 Å².